The van der Waals surface area contributed by atoms with Gasteiger partial charge in [0.1, 0.15) is 0 Å². The van der Waals surface area contributed by atoms with Gasteiger partial charge in [-0.05, 0) is 25.7 Å². The average Bonchev–Trinajstić information content (AvgIpc) is 2.14. The van der Waals surface area contributed by atoms with E-state index in [4.69, 9.17) is 10.5 Å². The van der Waals surface area contributed by atoms with Gasteiger partial charge >= 0.3 is 0 Å². The molecule has 2 nitrogen and oxygen atoms in total. The zero-order valence-electron chi connectivity index (χ0n) is 8.96. The van der Waals surface area contributed by atoms with Crippen LogP contribution >= 0.6 is 0 Å². The molecule has 2 atom stereocenters. The minimum atomic E-state index is 0.185. The van der Waals surface area contributed by atoms with Crippen LogP contribution in [0.1, 0.15) is 39.0 Å². The number of hydrogen-bond donors (Lipinski definition) is 1. The maximum absolute atomic E-state index is 6.00. The summed E-state index contributed by atoms with van der Waals surface area (Å²) in [7, 11) is 1.74. The van der Waals surface area contributed by atoms with E-state index in [1.807, 2.05) is 6.08 Å². The lowest BCUT2D eigenvalue weighted by atomic mass is 10.0. The summed E-state index contributed by atoms with van der Waals surface area (Å²) in [4.78, 5) is 0. The number of allylic oxidation sites excluding steroid dienone is 1. The average molecular weight is 185 g/mol. The highest BCUT2D eigenvalue weighted by Crippen LogP contribution is 2.10. The van der Waals surface area contributed by atoms with Crippen LogP contribution < -0.4 is 5.73 Å². The first-order valence-electron chi connectivity index (χ1n) is 5.15. The third kappa shape index (κ3) is 5.83. The molecule has 0 aliphatic heterocycles. The molecular formula is C11H23NO. The highest BCUT2D eigenvalue weighted by molar-refractivity contribution is 4.75. The second kappa shape index (κ2) is 8.27. The molecule has 0 aromatic heterocycles. The Morgan fingerprint density at radius 2 is 2.15 bits per heavy atom. The smallest absolute Gasteiger partial charge is 0.0722 e. The van der Waals surface area contributed by atoms with Gasteiger partial charge in [-0.2, -0.15) is 0 Å². The van der Waals surface area contributed by atoms with Crippen LogP contribution in [0.5, 0.6) is 0 Å². The summed E-state index contributed by atoms with van der Waals surface area (Å²) in [6.07, 6.45) is 7.57. The minimum absolute atomic E-state index is 0.185. The Hall–Kier alpha value is -0.340. The third-order valence-electron chi connectivity index (χ3n) is 2.30. The number of rotatable bonds is 8. The summed E-state index contributed by atoms with van der Waals surface area (Å²) < 4.78 is 5.33. The number of nitrogens with two attached hydrogens (primary N) is 1. The molecule has 0 aliphatic carbocycles. The first kappa shape index (κ1) is 12.7. The van der Waals surface area contributed by atoms with E-state index < -0.39 is 0 Å². The second-order valence-electron chi connectivity index (χ2n) is 3.45. The SMILES string of the molecule is C=CCCCC(N)C(CCC)OC. The maximum atomic E-state index is 6.00. The Kier molecular flexibility index (Phi) is 8.05. The van der Waals surface area contributed by atoms with E-state index in [0.717, 1.165) is 32.1 Å². The Bertz CT molecular complexity index is 125. The molecule has 0 saturated carbocycles. The fourth-order valence-corrected chi connectivity index (χ4v) is 1.48. The summed E-state index contributed by atoms with van der Waals surface area (Å²) in [5.74, 6) is 0. The van der Waals surface area contributed by atoms with Gasteiger partial charge in [-0.1, -0.05) is 19.4 Å². The van der Waals surface area contributed by atoms with Gasteiger partial charge in [0.25, 0.3) is 0 Å². The molecule has 0 heterocycles. The summed E-state index contributed by atoms with van der Waals surface area (Å²) in [6.45, 7) is 5.84. The van der Waals surface area contributed by atoms with Crippen LogP contribution in [0.2, 0.25) is 0 Å². The predicted octanol–water partition coefficient (Wildman–Crippen LogP) is 2.49. The molecule has 0 saturated heterocycles. The van der Waals surface area contributed by atoms with Gasteiger partial charge < -0.3 is 10.5 Å². The number of hydrogen-bond acceptors (Lipinski definition) is 2. The molecule has 0 radical (unpaired) electrons. The van der Waals surface area contributed by atoms with Crippen molar-refractivity contribution >= 4 is 0 Å². The Morgan fingerprint density at radius 1 is 1.46 bits per heavy atom. The summed E-state index contributed by atoms with van der Waals surface area (Å²) >= 11 is 0. The van der Waals surface area contributed by atoms with Crippen molar-refractivity contribution in [3.8, 4) is 0 Å². The van der Waals surface area contributed by atoms with Crippen molar-refractivity contribution in [3.63, 3.8) is 0 Å². The number of methoxy groups -OCH3 is 1. The van der Waals surface area contributed by atoms with E-state index in [2.05, 4.69) is 13.5 Å². The molecule has 0 aliphatic rings. The van der Waals surface area contributed by atoms with Crippen LogP contribution in [-0.2, 0) is 4.74 Å². The summed E-state index contributed by atoms with van der Waals surface area (Å²) in [5.41, 5.74) is 6.00. The van der Waals surface area contributed by atoms with E-state index in [-0.39, 0.29) is 12.1 Å². The van der Waals surface area contributed by atoms with Gasteiger partial charge in [-0.25, -0.2) is 0 Å². The van der Waals surface area contributed by atoms with E-state index in [0.29, 0.717) is 0 Å². The van der Waals surface area contributed by atoms with Crippen LogP contribution in [0.15, 0.2) is 12.7 Å². The van der Waals surface area contributed by atoms with Crippen LogP contribution in [0.4, 0.5) is 0 Å². The van der Waals surface area contributed by atoms with E-state index >= 15 is 0 Å². The normalized spacial score (nSPS) is 15.3. The molecule has 0 amide bonds. The van der Waals surface area contributed by atoms with Gasteiger partial charge in [0.05, 0.1) is 6.10 Å². The van der Waals surface area contributed by atoms with Crippen LogP contribution in [0, 0.1) is 0 Å². The van der Waals surface area contributed by atoms with Gasteiger partial charge in [-0.15, -0.1) is 6.58 Å². The van der Waals surface area contributed by atoms with E-state index in [9.17, 15) is 0 Å². The lowest BCUT2D eigenvalue weighted by molar-refractivity contribution is 0.0697. The van der Waals surface area contributed by atoms with Crippen molar-refractivity contribution in [3.05, 3.63) is 12.7 Å². The Balaban J connectivity index is 3.62. The zero-order chi connectivity index (χ0) is 10.1. The first-order chi connectivity index (χ1) is 6.26. The third-order valence-corrected chi connectivity index (χ3v) is 2.30. The number of unbranched alkanes of at least 4 members (excludes halogenated alkanes) is 1. The number of ether oxygens (including phenoxy) is 1. The largest absolute Gasteiger partial charge is 0.380 e. The predicted molar refractivity (Wildman–Crippen MR) is 57.7 cm³/mol. The maximum Gasteiger partial charge on any atom is 0.0722 e. The molecule has 2 unspecified atom stereocenters. The minimum Gasteiger partial charge on any atom is -0.380 e. The quantitative estimate of drug-likeness (QED) is 0.466. The molecule has 0 aromatic rings. The second-order valence-corrected chi connectivity index (χ2v) is 3.45. The van der Waals surface area contributed by atoms with Crippen molar-refractivity contribution in [2.45, 2.75) is 51.2 Å². The highest BCUT2D eigenvalue weighted by atomic mass is 16.5. The van der Waals surface area contributed by atoms with Crippen LogP contribution in [-0.4, -0.2) is 19.3 Å². The van der Waals surface area contributed by atoms with E-state index in [1.165, 1.54) is 0 Å². The highest BCUT2D eigenvalue weighted by Gasteiger charge is 2.14. The summed E-state index contributed by atoms with van der Waals surface area (Å²) in [6, 6.07) is 0.185. The lowest BCUT2D eigenvalue weighted by Crippen LogP contribution is -2.35. The fourth-order valence-electron chi connectivity index (χ4n) is 1.48. The lowest BCUT2D eigenvalue weighted by Gasteiger charge is -2.21. The van der Waals surface area contributed by atoms with E-state index in [1.54, 1.807) is 7.11 Å². The molecule has 0 aromatic carbocycles. The summed E-state index contributed by atoms with van der Waals surface area (Å²) in [5, 5.41) is 0. The van der Waals surface area contributed by atoms with Gasteiger partial charge in [0, 0.05) is 13.2 Å². The molecule has 0 fully saturated rings. The molecular weight excluding hydrogens is 162 g/mol. The molecule has 13 heavy (non-hydrogen) atoms. The van der Waals surface area contributed by atoms with Gasteiger partial charge in [0.2, 0.25) is 0 Å². The molecule has 2 N–H and O–H groups in total. The van der Waals surface area contributed by atoms with Gasteiger partial charge in [0.15, 0.2) is 0 Å². The van der Waals surface area contributed by atoms with Crippen molar-refractivity contribution in [1.82, 2.24) is 0 Å². The van der Waals surface area contributed by atoms with Crippen LogP contribution in [0.25, 0.3) is 0 Å². The Labute approximate surface area is 82.2 Å². The topological polar surface area (TPSA) is 35.2 Å². The fraction of sp³-hybridized carbons (Fsp3) is 0.818. The van der Waals surface area contributed by atoms with Crippen molar-refractivity contribution in [1.29, 1.82) is 0 Å². The molecule has 78 valence electrons. The molecule has 0 spiro atoms. The van der Waals surface area contributed by atoms with Crippen molar-refractivity contribution in [2.75, 3.05) is 7.11 Å². The zero-order valence-corrected chi connectivity index (χ0v) is 8.96. The molecule has 2 heteroatoms. The van der Waals surface area contributed by atoms with Crippen molar-refractivity contribution in [2.24, 2.45) is 5.73 Å². The molecule has 0 bridgehead atoms. The first-order valence-corrected chi connectivity index (χ1v) is 5.15. The Morgan fingerprint density at radius 3 is 2.62 bits per heavy atom. The van der Waals surface area contributed by atoms with Crippen LogP contribution in [0.3, 0.4) is 0 Å². The molecule has 0 rings (SSSR count). The standard InChI is InChI=1S/C11H23NO/c1-4-6-7-9-10(12)11(13-3)8-5-2/h4,10-11H,1,5-9,12H2,2-3H3. The monoisotopic (exact) mass is 185 g/mol. The van der Waals surface area contributed by atoms with Crippen molar-refractivity contribution < 1.29 is 4.74 Å². The van der Waals surface area contributed by atoms with Gasteiger partial charge in [-0.3, -0.25) is 0 Å².